The zero-order valence-corrected chi connectivity index (χ0v) is 10.9. The Morgan fingerprint density at radius 1 is 1.53 bits per heavy atom. The van der Waals surface area contributed by atoms with Crippen molar-refractivity contribution < 1.29 is 13.2 Å². The van der Waals surface area contributed by atoms with Crippen molar-refractivity contribution >= 4 is 15.7 Å². The maximum atomic E-state index is 12.0. The Morgan fingerprint density at radius 2 is 2.24 bits per heavy atom. The number of nitrogens with one attached hydrogen (secondary N) is 2. The molecule has 0 aliphatic heterocycles. The second-order valence-electron chi connectivity index (χ2n) is 3.52. The van der Waals surface area contributed by atoms with Crippen molar-refractivity contribution in [2.45, 2.75) is 17.9 Å². The number of ether oxygens (including phenoxy) is 1. The van der Waals surface area contributed by atoms with Crippen molar-refractivity contribution in [1.82, 2.24) is 9.71 Å². The van der Waals surface area contributed by atoms with E-state index in [0.717, 1.165) is 0 Å². The molecule has 0 radical (unpaired) electrons. The number of hydrogen-bond acceptors (Lipinski definition) is 5. The van der Waals surface area contributed by atoms with Crippen LogP contribution in [0, 0.1) is 0 Å². The fourth-order valence-corrected chi connectivity index (χ4v) is 2.46. The van der Waals surface area contributed by atoms with Crippen LogP contribution in [0.4, 0.5) is 5.69 Å². The first-order valence-corrected chi connectivity index (χ1v) is 6.63. The van der Waals surface area contributed by atoms with Gasteiger partial charge in [-0.1, -0.05) is 0 Å². The van der Waals surface area contributed by atoms with Crippen molar-refractivity contribution in [3.8, 4) is 0 Å². The van der Waals surface area contributed by atoms with E-state index in [1.165, 1.54) is 19.5 Å². The molecular weight excluding hydrogens is 242 g/mol. The van der Waals surface area contributed by atoms with Crippen LogP contribution in [0.5, 0.6) is 0 Å². The molecule has 1 heterocycles. The van der Waals surface area contributed by atoms with Gasteiger partial charge in [-0.15, -0.1) is 0 Å². The first kappa shape index (κ1) is 13.9. The highest BCUT2D eigenvalue weighted by atomic mass is 32.2. The molecule has 1 unspecified atom stereocenters. The summed E-state index contributed by atoms with van der Waals surface area (Å²) in [6, 6.07) is 1.61. The van der Waals surface area contributed by atoms with Crippen LogP contribution in [0.2, 0.25) is 0 Å². The number of hydrogen-bond donors (Lipinski definition) is 2. The number of sulfonamides is 1. The zero-order valence-electron chi connectivity index (χ0n) is 10.1. The highest BCUT2D eigenvalue weighted by Gasteiger charge is 2.18. The molecule has 0 bridgehead atoms. The summed E-state index contributed by atoms with van der Waals surface area (Å²) in [4.78, 5) is 3.95. The van der Waals surface area contributed by atoms with Crippen molar-refractivity contribution in [2.24, 2.45) is 0 Å². The molecule has 1 aromatic rings. The highest BCUT2D eigenvalue weighted by molar-refractivity contribution is 7.89. The van der Waals surface area contributed by atoms with E-state index in [-0.39, 0.29) is 17.5 Å². The van der Waals surface area contributed by atoms with E-state index in [9.17, 15) is 8.42 Å². The van der Waals surface area contributed by atoms with Gasteiger partial charge in [0.1, 0.15) is 4.90 Å². The normalized spacial score (nSPS) is 13.4. The lowest BCUT2D eigenvalue weighted by Crippen LogP contribution is -2.32. The third-order valence-electron chi connectivity index (χ3n) is 2.31. The summed E-state index contributed by atoms with van der Waals surface area (Å²) in [5.41, 5.74) is 0.512. The first-order valence-electron chi connectivity index (χ1n) is 5.15. The van der Waals surface area contributed by atoms with Crippen LogP contribution >= 0.6 is 0 Å². The number of aromatic nitrogens is 1. The third kappa shape index (κ3) is 3.65. The minimum absolute atomic E-state index is 0.130. The molecule has 0 saturated heterocycles. The maximum absolute atomic E-state index is 12.0. The van der Waals surface area contributed by atoms with Crippen LogP contribution in [0.15, 0.2) is 23.4 Å². The highest BCUT2D eigenvalue weighted by Crippen LogP contribution is 2.18. The standard InChI is InChI=1S/C10H17N3O3S/c1-8(16-3)6-13-17(14,15)10-7-12-5-4-9(10)11-2/h4-5,7-8,13H,6H2,1-3H3,(H,11,12). The summed E-state index contributed by atoms with van der Waals surface area (Å²) in [6.45, 7) is 2.00. The molecule has 0 aliphatic rings. The predicted molar refractivity (Wildman–Crippen MR) is 65.4 cm³/mol. The molecule has 1 aromatic heterocycles. The maximum Gasteiger partial charge on any atom is 0.244 e. The molecule has 96 valence electrons. The van der Waals surface area contributed by atoms with E-state index in [2.05, 4.69) is 15.0 Å². The Kier molecular flexibility index (Phi) is 4.86. The van der Waals surface area contributed by atoms with Gasteiger partial charge in [-0.3, -0.25) is 4.98 Å². The van der Waals surface area contributed by atoms with Gasteiger partial charge in [-0.2, -0.15) is 0 Å². The van der Waals surface area contributed by atoms with Crippen LogP contribution in [0.1, 0.15) is 6.92 Å². The fourth-order valence-electron chi connectivity index (χ4n) is 1.19. The molecule has 0 aliphatic carbocycles. The summed E-state index contributed by atoms with van der Waals surface area (Å²) in [6.07, 6.45) is 2.66. The molecular formula is C10H17N3O3S. The summed E-state index contributed by atoms with van der Waals surface area (Å²) in [5, 5.41) is 2.81. The second kappa shape index (κ2) is 5.95. The van der Waals surface area contributed by atoms with Gasteiger partial charge in [-0.05, 0) is 13.0 Å². The number of nitrogens with zero attached hydrogens (tertiary/aromatic N) is 1. The first-order chi connectivity index (χ1) is 8.01. The van der Waals surface area contributed by atoms with Gasteiger partial charge in [0.2, 0.25) is 10.0 Å². The van der Waals surface area contributed by atoms with Crippen molar-refractivity contribution in [1.29, 1.82) is 0 Å². The summed E-state index contributed by atoms with van der Waals surface area (Å²) >= 11 is 0. The van der Waals surface area contributed by atoms with Gasteiger partial charge in [0.25, 0.3) is 0 Å². The Labute approximate surface area is 101 Å². The molecule has 0 saturated carbocycles. The Hall–Kier alpha value is -1.18. The molecule has 17 heavy (non-hydrogen) atoms. The number of anilines is 1. The van der Waals surface area contributed by atoms with Gasteiger partial charge in [-0.25, -0.2) is 13.1 Å². The SMILES string of the molecule is CNc1ccncc1S(=O)(=O)NCC(C)OC. The van der Waals surface area contributed by atoms with E-state index in [1.54, 1.807) is 20.0 Å². The Morgan fingerprint density at radius 3 is 2.82 bits per heavy atom. The van der Waals surface area contributed by atoms with Crippen molar-refractivity contribution in [3.05, 3.63) is 18.5 Å². The Balaban J connectivity index is 2.89. The van der Waals surface area contributed by atoms with Crippen molar-refractivity contribution in [2.75, 3.05) is 26.0 Å². The van der Waals surface area contributed by atoms with Crippen LogP contribution in [-0.2, 0) is 14.8 Å². The van der Waals surface area contributed by atoms with Gasteiger partial charge in [0.15, 0.2) is 0 Å². The average Bonchev–Trinajstić information content (AvgIpc) is 2.35. The molecule has 1 rings (SSSR count). The molecule has 7 heteroatoms. The van der Waals surface area contributed by atoms with E-state index in [1.807, 2.05) is 0 Å². The summed E-state index contributed by atoms with van der Waals surface area (Å²) in [5.74, 6) is 0. The summed E-state index contributed by atoms with van der Waals surface area (Å²) in [7, 11) is -0.375. The fraction of sp³-hybridized carbons (Fsp3) is 0.500. The minimum Gasteiger partial charge on any atom is -0.387 e. The van der Waals surface area contributed by atoms with E-state index < -0.39 is 10.0 Å². The number of methoxy groups -OCH3 is 1. The number of pyridine rings is 1. The molecule has 0 amide bonds. The average molecular weight is 259 g/mol. The van der Waals surface area contributed by atoms with Crippen molar-refractivity contribution in [3.63, 3.8) is 0 Å². The van der Waals surface area contributed by atoms with E-state index in [0.29, 0.717) is 5.69 Å². The predicted octanol–water partition coefficient (Wildman–Crippen LogP) is 0.436. The van der Waals surface area contributed by atoms with Gasteiger partial charge < -0.3 is 10.1 Å². The summed E-state index contributed by atoms with van der Waals surface area (Å²) < 4.78 is 31.4. The quantitative estimate of drug-likeness (QED) is 0.774. The molecule has 0 fully saturated rings. The largest absolute Gasteiger partial charge is 0.387 e. The third-order valence-corrected chi connectivity index (χ3v) is 3.76. The van der Waals surface area contributed by atoms with Gasteiger partial charge in [0.05, 0.1) is 11.8 Å². The van der Waals surface area contributed by atoms with Gasteiger partial charge >= 0.3 is 0 Å². The smallest absolute Gasteiger partial charge is 0.244 e. The lowest BCUT2D eigenvalue weighted by molar-refractivity contribution is 0.122. The van der Waals surface area contributed by atoms with Crippen LogP contribution in [0.3, 0.4) is 0 Å². The molecule has 0 spiro atoms. The molecule has 0 aromatic carbocycles. The van der Waals surface area contributed by atoms with Crippen LogP contribution in [0.25, 0.3) is 0 Å². The monoisotopic (exact) mass is 259 g/mol. The number of rotatable bonds is 6. The second-order valence-corrected chi connectivity index (χ2v) is 5.26. The zero-order chi connectivity index (χ0) is 12.9. The van der Waals surface area contributed by atoms with Gasteiger partial charge in [0, 0.05) is 33.1 Å². The van der Waals surface area contributed by atoms with E-state index >= 15 is 0 Å². The Bertz CT molecular complexity index is 462. The van der Waals surface area contributed by atoms with E-state index in [4.69, 9.17) is 4.74 Å². The van der Waals surface area contributed by atoms with Crippen LogP contribution in [-0.4, -0.2) is 40.2 Å². The lowest BCUT2D eigenvalue weighted by atomic mass is 10.4. The lowest BCUT2D eigenvalue weighted by Gasteiger charge is -2.13. The molecule has 6 nitrogen and oxygen atoms in total. The minimum atomic E-state index is -3.56. The molecule has 2 N–H and O–H groups in total. The molecule has 1 atom stereocenters. The van der Waals surface area contributed by atoms with Crippen LogP contribution < -0.4 is 10.0 Å². The topological polar surface area (TPSA) is 80.3 Å².